The molecule has 2 heterocycles. The van der Waals surface area contributed by atoms with Crippen LogP contribution in [-0.4, -0.2) is 39.2 Å². The summed E-state index contributed by atoms with van der Waals surface area (Å²) in [6.07, 6.45) is 10.6. The van der Waals surface area contributed by atoms with Crippen molar-refractivity contribution in [1.82, 2.24) is 20.0 Å². The number of hydrogen-bond acceptors (Lipinski definition) is 3. The van der Waals surface area contributed by atoms with Crippen LogP contribution in [0, 0.1) is 6.92 Å². The lowest BCUT2D eigenvalue weighted by molar-refractivity contribution is 0.0277. The van der Waals surface area contributed by atoms with Crippen LogP contribution in [0.5, 0.6) is 0 Å². The number of imidazole rings is 1. The maximum atomic E-state index is 12.0. The first-order chi connectivity index (χ1) is 12.1. The van der Waals surface area contributed by atoms with E-state index in [0.29, 0.717) is 19.5 Å². The second-order valence-corrected chi connectivity index (χ2v) is 7.15. The number of nitrogens with zero attached hydrogens (tertiary/aromatic N) is 2. The average Bonchev–Trinajstić information content (AvgIpc) is 2.89. The van der Waals surface area contributed by atoms with Crippen LogP contribution in [0.4, 0.5) is 4.79 Å². The Hall–Kier alpha value is -2.08. The molecule has 1 saturated carbocycles. The quantitative estimate of drug-likeness (QED) is 0.730. The van der Waals surface area contributed by atoms with Gasteiger partial charge in [0.2, 0.25) is 0 Å². The molecule has 0 bridgehead atoms. The Balaban J connectivity index is 1.43. The highest BCUT2D eigenvalue weighted by atomic mass is 16.3. The average molecular weight is 344 g/mol. The van der Waals surface area contributed by atoms with Crippen LogP contribution in [0.2, 0.25) is 0 Å². The molecule has 0 atom stereocenters. The normalized spacial score (nSPS) is 17.2. The number of urea groups is 1. The van der Waals surface area contributed by atoms with Gasteiger partial charge in [0.15, 0.2) is 0 Å². The summed E-state index contributed by atoms with van der Waals surface area (Å²) in [7, 11) is 0. The van der Waals surface area contributed by atoms with E-state index in [2.05, 4.69) is 15.6 Å². The molecule has 0 aromatic carbocycles. The minimum Gasteiger partial charge on any atom is -0.388 e. The SMILES string of the molecule is Cc1cccn2cc(CCNC(=O)NCC3(O)CCCCCC3)nc12. The van der Waals surface area contributed by atoms with Crippen molar-refractivity contribution in [2.24, 2.45) is 0 Å². The number of pyridine rings is 1. The van der Waals surface area contributed by atoms with Crippen LogP contribution >= 0.6 is 0 Å². The fourth-order valence-corrected chi connectivity index (χ4v) is 3.50. The molecule has 3 rings (SSSR count). The van der Waals surface area contributed by atoms with Crippen molar-refractivity contribution in [3.05, 3.63) is 35.8 Å². The van der Waals surface area contributed by atoms with Gasteiger partial charge >= 0.3 is 6.03 Å². The summed E-state index contributed by atoms with van der Waals surface area (Å²) < 4.78 is 2.01. The second-order valence-electron chi connectivity index (χ2n) is 7.15. The summed E-state index contributed by atoms with van der Waals surface area (Å²) >= 11 is 0. The number of amides is 2. The monoisotopic (exact) mass is 344 g/mol. The molecular formula is C19H28N4O2. The molecule has 0 spiro atoms. The Morgan fingerprint density at radius 2 is 2.04 bits per heavy atom. The molecule has 2 aromatic rings. The third-order valence-electron chi connectivity index (χ3n) is 5.01. The van der Waals surface area contributed by atoms with Gasteiger partial charge in [0.1, 0.15) is 5.65 Å². The summed E-state index contributed by atoms with van der Waals surface area (Å²) in [6.45, 7) is 2.88. The van der Waals surface area contributed by atoms with Gasteiger partial charge in [-0.3, -0.25) is 0 Å². The highest BCUT2D eigenvalue weighted by Crippen LogP contribution is 2.26. The Kier molecular flexibility index (Phi) is 5.58. The largest absolute Gasteiger partial charge is 0.388 e. The summed E-state index contributed by atoms with van der Waals surface area (Å²) in [5.74, 6) is 0. The Morgan fingerprint density at radius 3 is 2.76 bits per heavy atom. The van der Waals surface area contributed by atoms with E-state index >= 15 is 0 Å². The van der Waals surface area contributed by atoms with Gasteiger partial charge in [-0.2, -0.15) is 0 Å². The number of hydrogen-bond donors (Lipinski definition) is 3. The predicted molar refractivity (Wildman–Crippen MR) is 97.7 cm³/mol. The number of fused-ring (bicyclic) bond motifs is 1. The van der Waals surface area contributed by atoms with Crippen LogP contribution < -0.4 is 10.6 Å². The Labute approximate surface area is 148 Å². The third kappa shape index (κ3) is 4.72. The van der Waals surface area contributed by atoms with Gasteiger partial charge in [0.25, 0.3) is 0 Å². The van der Waals surface area contributed by atoms with E-state index in [1.807, 2.05) is 35.9 Å². The molecule has 1 aliphatic carbocycles. The van der Waals surface area contributed by atoms with Crippen molar-refractivity contribution in [2.75, 3.05) is 13.1 Å². The molecule has 3 N–H and O–H groups in total. The zero-order valence-corrected chi connectivity index (χ0v) is 14.9. The zero-order valence-electron chi connectivity index (χ0n) is 14.9. The predicted octanol–water partition coefficient (Wildman–Crippen LogP) is 2.57. The minimum atomic E-state index is -0.743. The van der Waals surface area contributed by atoms with Crippen molar-refractivity contribution in [1.29, 1.82) is 0 Å². The van der Waals surface area contributed by atoms with Gasteiger partial charge in [-0.15, -0.1) is 0 Å². The van der Waals surface area contributed by atoms with Crippen molar-refractivity contribution >= 4 is 11.7 Å². The lowest BCUT2D eigenvalue weighted by Gasteiger charge is -2.26. The van der Waals surface area contributed by atoms with E-state index in [1.165, 1.54) is 12.8 Å². The minimum absolute atomic E-state index is 0.224. The van der Waals surface area contributed by atoms with Crippen LogP contribution in [0.1, 0.15) is 49.8 Å². The van der Waals surface area contributed by atoms with E-state index in [0.717, 1.165) is 42.6 Å². The van der Waals surface area contributed by atoms with Crippen molar-refractivity contribution in [2.45, 2.75) is 57.5 Å². The van der Waals surface area contributed by atoms with Crippen LogP contribution in [0.3, 0.4) is 0 Å². The Morgan fingerprint density at radius 1 is 1.28 bits per heavy atom. The number of carbonyl (C=O) groups is 1. The first-order valence-corrected chi connectivity index (χ1v) is 9.23. The van der Waals surface area contributed by atoms with E-state index < -0.39 is 5.60 Å². The van der Waals surface area contributed by atoms with E-state index in [9.17, 15) is 9.90 Å². The highest BCUT2D eigenvalue weighted by Gasteiger charge is 2.28. The van der Waals surface area contributed by atoms with E-state index in [-0.39, 0.29) is 6.03 Å². The van der Waals surface area contributed by atoms with Crippen LogP contribution in [0.25, 0.3) is 5.65 Å². The van der Waals surface area contributed by atoms with Gasteiger partial charge in [-0.1, -0.05) is 31.7 Å². The first kappa shape index (κ1) is 17.7. The molecule has 2 aromatic heterocycles. The molecule has 1 aliphatic rings. The standard InChI is InChI=1S/C19H28N4O2/c1-15-7-6-12-23-13-16(22-17(15)23)8-11-20-18(24)21-14-19(25)9-4-2-3-5-10-19/h6-7,12-13,25H,2-5,8-11,14H2,1H3,(H2,20,21,24). The summed E-state index contributed by atoms with van der Waals surface area (Å²) in [5.41, 5.74) is 2.30. The maximum absolute atomic E-state index is 12.0. The van der Waals surface area contributed by atoms with Crippen molar-refractivity contribution in [3.63, 3.8) is 0 Å². The molecule has 0 unspecified atom stereocenters. The molecule has 1 fully saturated rings. The lowest BCUT2D eigenvalue weighted by atomic mass is 9.95. The second kappa shape index (κ2) is 7.87. The van der Waals surface area contributed by atoms with Crippen LogP contribution in [-0.2, 0) is 6.42 Å². The van der Waals surface area contributed by atoms with Crippen molar-refractivity contribution < 1.29 is 9.90 Å². The number of nitrogens with one attached hydrogen (secondary N) is 2. The van der Waals surface area contributed by atoms with Crippen molar-refractivity contribution in [3.8, 4) is 0 Å². The fraction of sp³-hybridized carbons (Fsp3) is 0.579. The van der Waals surface area contributed by atoms with E-state index in [1.54, 1.807) is 0 Å². The maximum Gasteiger partial charge on any atom is 0.314 e. The van der Waals surface area contributed by atoms with E-state index in [4.69, 9.17) is 0 Å². The molecule has 0 aliphatic heterocycles. The zero-order chi connectivity index (χ0) is 17.7. The smallest absolute Gasteiger partial charge is 0.314 e. The summed E-state index contributed by atoms with van der Waals surface area (Å²) in [5, 5.41) is 16.2. The van der Waals surface area contributed by atoms with Gasteiger partial charge in [-0.05, 0) is 31.4 Å². The number of aliphatic hydroxyl groups is 1. The lowest BCUT2D eigenvalue weighted by Crippen LogP contribution is -2.46. The fourth-order valence-electron chi connectivity index (χ4n) is 3.50. The first-order valence-electron chi connectivity index (χ1n) is 9.23. The van der Waals surface area contributed by atoms with Gasteiger partial charge in [-0.25, -0.2) is 9.78 Å². The number of carbonyl (C=O) groups excluding carboxylic acids is 1. The van der Waals surface area contributed by atoms with Gasteiger partial charge in [0, 0.05) is 31.9 Å². The summed E-state index contributed by atoms with van der Waals surface area (Å²) in [6, 6.07) is 3.81. The van der Waals surface area contributed by atoms with Gasteiger partial charge in [0.05, 0.1) is 11.3 Å². The number of aryl methyl sites for hydroxylation is 1. The third-order valence-corrected chi connectivity index (χ3v) is 5.01. The molecule has 6 heteroatoms. The number of rotatable bonds is 5. The Bertz CT molecular complexity index is 717. The topological polar surface area (TPSA) is 78.7 Å². The summed E-state index contributed by atoms with van der Waals surface area (Å²) in [4.78, 5) is 16.6. The molecule has 0 radical (unpaired) electrons. The van der Waals surface area contributed by atoms with Gasteiger partial charge < -0.3 is 20.1 Å². The molecule has 0 saturated heterocycles. The highest BCUT2D eigenvalue weighted by molar-refractivity contribution is 5.73. The number of aromatic nitrogens is 2. The van der Waals surface area contributed by atoms with Crippen LogP contribution in [0.15, 0.2) is 24.5 Å². The molecule has 25 heavy (non-hydrogen) atoms. The molecule has 6 nitrogen and oxygen atoms in total. The molecule has 136 valence electrons. The molecular weight excluding hydrogens is 316 g/mol. The molecule has 2 amide bonds.